The van der Waals surface area contributed by atoms with Crippen molar-refractivity contribution in [2.45, 2.75) is 144 Å². The van der Waals surface area contributed by atoms with Crippen LogP contribution in [0.4, 0.5) is 0 Å². The van der Waals surface area contributed by atoms with Gasteiger partial charge in [-0.1, -0.05) is 264 Å². The van der Waals surface area contributed by atoms with E-state index in [-0.39, 0.29) is 59.3 Å². The third-order valence-electron chi connectivity index (χ3n) is 16.9. The van der Waals surface area contributed by atoms with Gasteiger partial charge in [-0.15, -0.1) is 13.2 Å². The van der Waals surface area contributed by atoms with Crippen molar-refractivity contribution in [1.29, 1.82) is 0 Å². The summed E-state index contributed by atoms with van der Waals surface area (Å²) in [6.07, 6.45) is 18.9. The molecule has 3 fully saturated rings. The average Bonchev–Trinajstić information content (AvgIpc) is 1.17. The second kappa shape index (κ2) is 32.9. The number of cyclic esters (lactones) is 6. The minimum absolute atomic E-state index is 0.0105. The number of ether oxygens (including phenoxy) is 6. The maximum absolute atomic E-state index is 13.2. The van der Waals surface area contributed by atoms with Gasteiger partial charge in [-0.25, -0.2) is 9.59 Å². The zero-order chi connectivity index (χ0) is 67.4. The smallest absolute Gasteiger partial charge is 0.348 e. The fraction of sp³-hybridized carbons (Fsp3) is 0.392. The maximum atomic E-state index is 13.2. The van der Waals surface area contributed by atoms with Gasteiger partial charge in [-0.05, 0) is 89.0 Å². The van der Waals surface area contributed by atoms with Gasteiger partial charge in [-0.3, -0.25) is 19.2 Å². The molecule has 1 aliphatic carbocycles. The molecular formula is C79H93BrO12. The van der Waals surface area contributed by atoms with Crippen molar-refractivity contribution in [3.63, 3.8) is 0 Å². The molecule has 0 bridgehead atoms. The maximum Gasteiger partial charge on any atom is 0.348 e. The summed E-state index contributed by atoms with van der Waals surface area (Å²) in [6, 6.07) is 50.7. The van der Waals surface area contributed by atoms with E-state index in [9.17, 15) is 28.8 Å². The van der Waals surface area contributed by atoms with Gasteiger partial charge in [-0.2, -0.15) is 0 Å². The van der Waals surface area contributed by atoms with Crippen molar-refractivity contribution in [3.05, 3.63) is 241 Å². The first-order valence-corrected chi connectivity index (χ1v) is 32.9. The molecule has 0 N–H and O–H groups in total. The average molecular weight is 1310 g/mol. The summed E-state index contributed by atoms with van der Waals surface area (Å²) in [5.74, 6) is -6.18. The topological polar surface area (TPSA) is 158 Å². The van der Waals surface area contributed by atoms with E-state index in [2.05, 4.69) is 150 Å². The predicted molar refractivity (Wildman–Crippen MR) is 367 cm³/mol. The van der Waals surface area contributed by atoms with Gasteiger partial charge in [0.15, 0.2) is 10.8 Å². The van der Waals surface area contributed by atoms with Crippen molar-refractivity contribution < 1.29 is 57.2 Å². The van der Waals surface area contributed by atoms with E-state index in [4.69, 9.17) is 28.4 Å². The van der Waals surface area contributed by atoms with Crippen LogP contribution in [0.5, 0.6) is 0 Å². The predicted octanol–water partition coefficient (Wildman–Crippen LogP) is 17.8. The van der Waals surface area contributed by atoms with Crippen LogP contribution in [-0.4, -0.2) is 58.5 Å². The molecule has 488 valence electrons. The molecule has 5 aromatic carbocycles. The van der Waals surface area contributed by atoms with Crippen LogP contribution in [-0.2, 0) is 57.2 Å². The van der Waals surface area contributed by atoms with Crippen LogP contribution < -0.4 is 0 Å². The van der Waals surface area contributed by atoms with Gasteiger partial charge < -0.3 is 28.4 Å². The van der Waals surface area contributed by atoms with E-state index in [1.165, 1.54) is 5.56 Å². The van der Waals surface area contributed by atoms with E-state index in [1.54, 1.807) is 59.8 Å². The van der Waals surface area contributed by atoms with Crippen molar-refractivity contribution in [1.82, 2.24) is 0 Å². The zero-order valence-electron chi connectivity index (χ0n) is 55.6. The Balaban J connectivity index is 0.000000214. The molecule has 6 atom stereocenters. The minimum atomic E-state index is -1.40. The van der Waals surface area contributed by atoms with Gasteiger partial charge in [0.25, 0.3) is 17.4 Å². The Kier molecular flexibility index (Phi) is 26.1. The number of alkyl halides is 1. The van der Waals surface area contributed by atoms with Gasteiger partial charge >= 0.3 is 35.8 Å². The summed E-state index contributed by atoms with van der Waals surface area (Å²) in [4.78, 5) is 77.1. The quantitative estimate of drug-likeness (QED) is 0.0156. The number of halogens is 1. The molecule has 3 saturated heterocycles. The van der Waals surface area contributed by atoms with Gasteiger partial charge in [0.1, 0.15) is 5.57 Å². The Morgan fingerprint density at radius 1 is 0.522 bits per heavy atom. The fourth-order valence-corrected chi connectivity index (χ4v) is 12.1. The molecule has 5 aromatic rings. The number of allylic oxidation sites excluding steroid dienone is 7. The molecule has 0 unspecified atom stereocenters. The van der Waals surface area contributed by atoms with Crippen LogP contribution in [0, 0.1) is 46.3 Å². The van der Waals surface area contributed by atoms with Crippen molar-refractivity contribution >= 4 is 63.9 Å². The van der Waals surface area contributed by atoms with E-state index >= 15 is 0 Å². The normalized spacial score (nSPS) is 20.5. The Labute approximate surface area is 554 Å². The van der Waals surface area contributed by atoms with Gasteiger partial charge in [0.05, 0.1) is 0 Å². The van der Waals surface area contributed by atoms with E-state index < -0.39 is 64.0 Å². The first-order chi connectivity index (χ1) is 43.6. The number of hydrogen-bond acceptors (Lipinski definition) is 12. The lowest BCUT2D eigenvalue weighted by molar-refractivity contribution is -0.254. The molecule has 1 spiro atoms. The van der Waals surface area contributed by atoms with Crippen LogP contribution in [0.2, 0.25) is 0 Å². The molecule has 3 heterocycles. The fourth-order valence-electron chi connectivity index (χ4n) is 12.1. The van der Waals surface area contributed by atoms with Crippen molar-refractivity contribution in [2.24, 2.45) is 46.3 Å². The number of carbonyl (C=O) groups is 6. The van der Waals surface area contributed by atoms with Crippen LogP contribution in [0.3, 0.4) is 0 Å². The Morgan fingerprint density at radius 3 is 1.34 bits per heavy atom. The molecule has 12 nitrogen and oxygen atoms in total. The minimum Gasteiger partial charge on any atom is -0.422 e. The third-order valence-corrected chi connectivity index (χ3v) is 17.4. The molecule has 9 rings (SSSR count). The first-order valence-electron chi connectivity index (χ1n) is 31.8. The molecule has 0 aromatic heterocycles. The Morgan fingerprint density at radius 2 is 0.924 bits per heavy atom. The lowest BCUT2D eigenvalue weighted by Crippen LogP contribution is -2.54. The second-order valence-electron chi connectivity index (χ2n) is 26.2. The number of hydrogen-bond donors (Lipinski definition) is 0. The number of esters is 6. The monoisotopic (exact) mass is 1310 g/mol. The van der Waals surface area contributed by atoms with Crippen LogP contribution >= 0.6 is 15.9 Å². The molecule has 92 heavy (non-hydrogen) atoms. The largest absolute Gasteiger partial charge is 0.422 e. The highest BCUT2D eigenvalue weighted by Crippen LogP contribution is 2.50. The molecule has 0 saturated carbocycles. The molecule has 4 aliphatic rings. The van der Waals surface area contributed by atoms with E-state index in [0.29, 0.717) is 25.2 Å². The highest BCUT2D eigenvalue weighted by Gasteiger charge is 2.59. The standard InChI is InChI=1S/C29H34O4.C26H28O4.C21H26O4.C3H5Br/c1-6-19-29(26(30)32-28(4,5)33-27(29)31)20-25(21(2)3)24(23-15-11-8-12-16-23)18-17-22-13-9-7-10-14-22;1-18(2)22(17-23-24(27)29-26(3,4)30-25(23)28)21(20-13-9-6-10-14-20)16-15-19-11-7-5-8-12-19;1-14(2)17-13-21(18(22)24-20(3,4)25-19(21)23)12-8-11-16(17)15-9-6-5-7-10-15;1-2-3-4/h6-18,21,24-25H,1,19-20H2,2-5H3;5-18,21-22H,1-4H3;5-11,14,16-17H,12-13H2,1-4H3;2H,1,3H2/b18-17+;16-15+;;/t24-,25-;21-,22-;16-,17-;/m000./s1. The highest BCUT2D eigenvalue weighted by atomic mass is 79.9. The summed E-state index contributed by atoms with van der Waals surface area (Å²) in [7, 11) is 0. The van der Waals surface area contributed by atoms with Crippen LogP contribution in [0.25, 0.3) is 12.2 Å². The van der Waals surface area contributed by atoms with Crippen molar-refractivity contribution in [2.75, 3.05) is 5.33 Å². The summed E-state index contributed by atoms with van der Waals surface area (Å²) in [5, 5.41) is 0.896. The van der Waals surface area contributed by atoms with Gasteiger partial charge in [0.2, 0.25) is 0 Å². The molecule has 0 radical (unpaired) electrons. The highest BCUT2D eigenvalue weighted by molar-refractivity contribution is 9.09. The van der Waals surface area contributed by atoms with Crippen molar-refractivity contribution in [3.8, 4) is 0 Å². The third kappa shape index (κ3) is 19.4. The molecule has 3 aliphatic heterocycles. The van der Waals surface area contributed by atoms with E-state index in [1.807, 2.05) is 109 Å². The SMILES string of the molecule is C=CCBr.C=CCC1(C[C@@H](C(C)C)[C@@H](/C=C/c2ccccc2)c2ccccc2)C(=O)OC(C)(C)OC1=O.CC(C)[C@@H]1CC2(CC=C[C@H]1c1ccccc1)C(=O)OC(C)(C)OC2=O.CC(C)[C@H](C=C1C(=O)OC(C)(C)OC1=O)[C@@H](/C=C/c1ccccc1)c1ccccc1. The summed E-state index contributed by atoms with van der Waals surface area (Å²) >= 11 is 3.13. The number of rotatable bonds is 18. The molecular weight excluding hydrogens is 1220 g/mol. The summed E-state index contributed by atoms with van der Waals surface area (Å²) < 4.78 is 32.6. The second-order valence-corrected chi connectivity index (χ2v) is 26.9. The Bertz CT molecular complexity index is 3330. The lowest BCUT2D eigenvalue weighted by Gasteiger charge is -2.43. The lowest BCUT2D eigenvalue weighted by atomic mass is 9.67. The molecule has 0 amide bonds. The first kappa shape index (κ1) is 72.9. The summed E-state index contributed by atoms with van der Waals surface area (Å²) in [6.45, 7) is 29.4. The summed E-state index contributed by atoms with van der Waals surface area (Å²) in [5.41, 5.74) is 2.96. The van der Waals surface area contributed by atoms with Gasteiger partial charge in [0, 0.05) is 64.6 Å². The Hall–Kier alpha value is -8.16. The zero-order valence-corrected chi connectivity index (χ0v) is 57.1. The number of benzene rings is 5. The molecule has 13 heteroatoms. The number of carbonyl (C=O) groups excluding carboxylic acids is 6. The van der Waals surface area contributed by atoms with Crippen LogP contribution in [0.15, 0.2) is 213 Å². The van der Waals surface area contributed by atoms with E-state index in [0.717, 1.165) is 27.6 Å². The van der Waals surface area contributed by atoms with Crippen LogP contribution in [0.1, 0.15) is 154 Å².